The Morgan fingerprint density at radius 1 is 1.18 bits per heavy atom. The molecule has 34 heavy (non-hydrogen) atoms. The number of hydrogen-bond acceptors (Lipinski definition) is 5. The van der Waals surface area contributed by atoms with Gasteiger partial charge in [-0.25, -0.2) is 27.5 Å². The molecule has 4 rings (SSSR count). The van der Waals surface area contributed by atoms with Crippen LogP contribution in [0, 0.1) is 17.6 Å². The van der Waals surface area contributed by atoms with Crippen LogP contribution in [0.4, 0.5) is 23.2 Å². The molecule has 1 N–H and O–H groups in total. The van der Waals surface area contributed by atoms with Gasteiger partial charge in [0, 0.05) is 52.6 Å². The molecule has 0 aliphatic heterocycles. The van der Waals surface area contributed by atoms with Crippen molar-refractivity contribution in [3.63, 3.8) is 0 Å². The van der Waals surface area contributed by atoms with E-state index in [0.717, 1.165) is 18.2 Å². The minimum atomic E-state index is -3.19. The second-order valence-electron chi connectivity index (χ2n) is 7.97. The average molecular weight is 477 g/mol. The Morgan fingerprint density at radius 3 is 2.65 bits per heavy atom. The molecule has 6 nitrogen and oxygen atoms in total. The molecule has 0 spiro atoms. The van der Waals surface area contributed by atoms with Gasteiger partial charge in [-0.3, -0.25) is 9.78 Å². The lowest BCUT2D eigenvalue weighted by Gasteiger charge is -2.34. The lowest BCUT2D eigenvalue weighted by atomic mass is 9.75. The second kappa shape index (κ2) is 9.36. The number of aromatic nitrogens is 3. The molecule has 0 saturated heterocycles. The van der Waals surface area contributed by atoms with Gasteiger partial charge < -0.3 is 10.1 Å². The van der Waals surface area contributed by atoms with Crippen molar-refractivity contribution in [1.29, 1.82) is 0 Å². The number of amides is 1. The van der Waals surface area contributed by atoms with Gasteiger partial charge in [-0.2, -0.15) is 0 Å². The van der Waals surface area contributed by atoms with E-state index in [4.69, 9.17) is 8.85 Å². The van der Waals surface area contributed by atoms with Crippen LogP contribution in [0.2, 0.25) is 0 Å². The van der Waals surface area contributed by atoms with Crippen molar-refractivity contribution >= 4 is 11.6 Å². The van der Waals surface area contributed by atoms with Crippen LogP contribution in [-0.4, -0.2) is 33.9 Å². The average Bonchev–Trinajstić information content (AvgIpc) is 2.85. The summed E-state index contributed by atoms with van der Waals surface area (Å²) in [6, 6.07) is 4.06. The lowest BCUT2D eigenvalue weighted by Crippen LogP contribution is -2.31. The second-order valence-corrected chi connectivity index (χ2v) is 7.97. The van der Waals surface area contributed by atoms with Crippen LogP contribution >= 0.6 is 0 Å². The number of hydrogen-bond donors (Lipinski definition) is 1. The van der Waals surface area contributed by atoms with Gasteiger partial charge in [-0.1, -0.05) is 6.85 Å². The van der Waals surface area contributed by atoms with Crippen LogP contribution in [0.3, 0.4) is 0 Å². The van der Waals surface area contributed by atoms with E-state index >= 15 is 0 Å². The number of nitrogens with one attached hydrogen (secondary N) is 1. The first-order valence-electron chi connectivity index (χ1n) is 11.9. The number of anilines is 1. The number of carbonyl (C=O) groups is 1. The number of pyridine rings is 1. The number of halogens is 4. The molecule has 1 aliphatic rings. The highest BCUT2D eigenvalue weighted by atomic mass is 19.3. The molecular weight excluding hydrogens is 452 g/mol. The predicted molar refractivity (Wildman–Crippen MR) is 117 cm³/mol. The van der Waals surface area contributed by atoms with Gasteiger partial charge in [0.1, 0.15) is 11.6 Å². The molecule has 1 aromatic carbocycles. The van der Waals surface area contributed by atoms with Crippen LogP contribution in [-0.2, 0) is 0 Å². The fourth-order valence-corrected chi connectivity index (χ4v) is 4.00. The number of carbonyl (C=O) groups excluding carboxylic acids is 1. The molecule has 2 unspecified atom stereocenters. The van der Waals surface area contributed by atoms with Gasteiger partial charge in [0.15, 0.2) is 0 Å². The van der Waals surface area contributed by atoms with Crippen molar-refractivity contribution in [3.05, 3.63) is 65.7 Å². The molecular formula is C24H22F4N4O2. The van der Waals surface area contributed by atoms with Crippen LogP contribution in [0.25, 0.3) is 11.1 Å². The van der Waals surface area contributed by atoms with Gasteiger partial charge in [0.05, 0.1) is 24.1 Å². The van der Waals surface area contributed by atoms with Crippen LogP contribution in [0.1, 0.15) is 52.2 Å². The van der Waals surface area contributed by atoms with Crippen molar-refractivity contribution in [2.45, 2.75) is 38.0 Å². The van der Waals surface area contributed by atoms with E-state index in [9.17, 15) is 22.4 Å². The van der Waals surface area contributed by atoms with Crippen molar-refractivity contribution in [1.82, 2.24) is 15.0 Å². The minimum Gasteiger partial charge on any atom is -0.467 e. The van der Waals surface area contributed by atoms with E-state index in [1.54, 1.807) is 0 Å². The van der Waals surface area contributed by atoms with Crippen LogP contribution in [0.15, 0.2) is 42.9 Å². The van der Waals surface area contributed by atoms with Crippen molar-refractivity contribution in [2.75, 3.05) is 12.4 Å². The maximum atomic E-state index is 14.8. The summed E-state index contributed by atoms with van der Waals surface area (Å²) >= 11 is 0. The maximum Gasteiger partial charge on any atom is 0.316 e. The quantitative estimate of drug-likeness (QED) is 0.483. The molecule has 0 radical (unpaired) electrons. The summed E-state index contributed by atoms with van der Waals surface area (Å²) in [5, 5.41) is 2.59. The van der Waals surface area contributed by atoms with Gasteiger partial charge in [-0.05, 0) is 36.6 Å². The Bertz CT molecular complexity index is 1310. The fraction of sp³-hybridized carbons (Fsp3) is 0.333. The number of benzene rings is 1. The summed E-state index contributed by atoms with van der Waals surface area (Å²) in [5.74, 6) is -8.03. The number of rotatable bonds is 5. The molecule has 1 amide bonds. The third kappa shape index (κ3) is 4.85. The minimum absolute atomic E-state index is 0.00444. The molecule has 1 fully saturated rings. The number of ether oxygens (including phenoxy) is 1. The largest absolute Gasteiger partial charge is 0.467 e. The molecule has 1 saturated carbocycles. The fourth-order valence-electron chi connectivity index (χ4n) is 4.00. The smallest absolute Gasteiger partial charge is 0.316 e. The first-order valence-corrected chi connectivity index (χ1v) is 10.4. The van der Waals surface area contributed by atoms with Gasteiger partial charge in [-0.15, -0.1) is 0 Å². The van der Waals surface area contributed by atoms with E-state index in [1.165, 1.54) is 31.8 Å². The zero-order valence-corrected chi connectivity index (χ0v) is 18.0. The lowest BCUT2D eigenvalue weighted by molar-refractivity contribution is -0.0558. The van der Waals surface area contributed by atoms with E-state index in [0.29, 0.717) is 0 Å². The maximum absolute atomic E-state index is 14.8. The number of nitrogens with zero attached hydrogens (tertiary/aromatic N) is 3. The molecule has 10 heteroatoms. The van der Waals surface area contributed by atoms with Crippen molar-refractivity contribution in [3.8, 4) is 17.1 Å². The summed E-state index contributed by atoms with van der Waals surface area (Å²) < 4.78 is 85.9. The van der Waals surface area contributed by atoms with E-state index in [2.05, 4.69) is 20.3 Å². The molecule has 1 aliphatic carbocycles. The SMILES string of the molecule is [2H]C([2H])([2H])C1CC(F)(F)CCC1c1nccc(-c2cc(F)ccc2F)c1NC(=O)c1cnc(OC)nc1. The zero-order chi connectivity index (χ0) is 27.0. The van der Waals surface area contributed by atoms with E-state index in [1.807, 2.05) is 0 Å². The highest BCUT2D eigenvalue weighted by Crippen LogP contribution is 2.47. The predicted octanol–water partition coefficient (Wildman–Crippen LogP) is 5.62. The molecule has 2 aromatic heterocycles. The highest BCUT2D eigenvalue weighted by Gasteiger charge is 2.41. The Kier molecular flexibility index (Phi) is 5.47. The Morgan fingerprint density at radius 2 is 1.94 bits per heavy atom. The van der Waals surface area contributed by atoms with Crippen molar-refractivity contribution < 1.29 is 31.2 Å². The summed E-state index contributed by atoms with van der Waals surface area (Å²) in [6.45, 7) is -2.76. The van der Waals surface area contributed by atoms with Gasteiger partial charge in [0.25, 0.3) is 5.91 Å². The molecule has 2 heterocycles. The summed E-state index contributed by atoms with van der Waals surface area (Å²) in [5.41, 5.74) is -0.371. The Hall–Kier alpha value is -3.56. The van der Waals surface area contributed by atoms with Crippen molar-refractivity contribution in [2.24, 2.45) is 5.92 Å². The molecule has 3 aromatic rings. The number of methoxy groups -OCH3 is 1. The first kappa shape index (κ1) is 19.9. The zero-order valence-electron chi connectivity index (χ0n) is 21.0. The summed E-state index contributed by atoms with van der Waals surface area (Å²) in [4.78, 5) is 25.1. The topological polar surface area (TPSA) is 77.0 Å². The third-order valence-electron chi connectivity index (χ3n) is 5.69. The summed E-state index contributed by atoms with van der Waals surface area (Å²) in [7, 11) is 1.34. The third-order valence-corrected chi connectivity index (χ3v) is 5.69. The molecule has 0 bridgehead atoms. The molecule has 178 valence electrons. The molecule has 2 atom stereocenters. The number of alkyl halides is 2. The Balaban J connectivity index is 1.86. The Labute approximate surface area is 197 Å². The monoisotopic (exact) mass is 477 g/mol. The highest BCUT2D eigenvalue weighted by molar-refractivity contribution is 6.06. The standard InChI is InChI=1S/C24H22F4N4O2/c1-13-10-24(27,28)7-5-16(13)20-21(32-22(33)14-11-30-23(34-2)31-12-14)17(6-8-29-20)18-9-15(25)3-4-19(18)26/h3-4,6,8-9,11-13,16H,5,7,10H2,1-2H3,(H,32,33)/i1D3. The summed E-state index contributed by atoms with van der Waals surface area (Å²) in [6.07, 6.45) is 1.84. The van der Waals surface area contributed by atoms with Gasteiger partial charge >= 0.3 is 6.01 Å². The first-order chi connectivity index (χ1) is 17.4. The normalized spacial score (nSPS) is 21.1. The van der Waals surface area contributed by atoms with E-state index in [-0.39, 0.29) is 40.5 Å². The van der Waals surface area contributed by atoms with Gasteiger partial charge in [0.2, 0.25) is 5.92 Å². The van der Waals surface area contributed by atoms with Crippen LogP contribution < -0.4 is 10.1 Å². The van der Waals surface area contributed by atoms with E-state index < -0.39 is 55.0 Å². The van der Waals surface area contributed by atoms with Crippen LogP contribution in [0.5, 0.6) is 6.01 Å².